The molecule has 0 aromatic rings. The lowest BCUT2D eigenvalue weighted by molar-refractivity contribution is -0.135. The van der Waals surface area contributed by atoms with Crippen LogP contribution in [0.1, 0.15) is 20.3 Å². The van der Waals surface area contributed by atoms with Crippen molar-refractivity contribution in [3.8, 4) is 0 Å². The maximum absolute atomic E-state index is 12.0. The Morgan fingerprint density at radius 3 is 2.56 bits per heavy atom. The third kappa shape index (κ3) is 5.72. The first-order valence-corrected chi connectivity index (χ1v) is 6.97. The topological polar surface area (TPSA) is 55.6 Å². The second-order valence-electron chi connectivity index (χ2n) is 4.01. The van der Waals surface area contributed by atoms with E-state index < -0.39 is 0 Å². The third-order valence-corrected chi connectivity index (χ3v) is 3.04. The van der Waals surface area contributed by atoms with Crippen LogP contribution in [-0.4, -0.2) is 55.2 Å². The Kier molecular flexibility index (Phi) is 8.70. The van der Waals surface area contributed by atoms with E-state index in [0.717, 1.165) is 12.2 Å². The van der Waals surface area contributed by atoms with Crippen LogP contribution in [0.15, 0.2) is 0 Å². The van der Waals surface area contributed by atoms with Gasteiger partial charge in [0.1, 0.15) is 0 Å². The van der Waals surface area contributed by atoms with Crippen molar-refractivity contribution in [2.45, 2.75) is 32.4 Å². The van der Waals surface area contributed by atoms with Crippen molar-refractivity contribution in [2.75, 3.05) is 32.3 Å². The Morgan fingerprint density at radius 2 is 2.12 bits per heavy atom. The highest BCUT2D eigenvalue weighted by atomic mass is 32.2. The molecule has 0 aliphatic carbocycles. The third-order valence-electron chi connectivity index (χ3n) is 2.39. The van der Waals surface area contributed by atoms with E-state index in [1.54, 1.807) is 23.8 Å². The van der Waals surface area contributed by atoms with E-state index in [0.29, 0.717) is 13.2 Å². The van der Waals surface area contributed by atoms with Crippen LogP contribution in [0.4, 0.5) is 0 Å². The van der Waals surface area contributed by atoms with Crippen LogP contribution in [0.2, 0.25) is 0 Å². The van der Waals surface area contributed by atoms with Gasteiger partial charge in [-0.2, -0.15) is 11.8 Å². The minimum absolute atomic E-state index is 0.0288. The van der Waals surface area contributed by atoms with Crippen molar-refractivity contribution in [3.05, 3.63) is 0 Å². The molecule has 2 N–H and O–H groups in total. The molecule has 0 aromatic carbocycles. The Balaban J connectivity index is 4.24. The van der Waals surface area contributed by atoms with E-state index in [4.69, 9.17) is 10.5 Å². The lowest BCUT2D eigenvalue weighted by Gasteiger charge is -2.29. The number of rotatable bonds is 8. The first-order chi connectivity index (χ1) is 7.54. The normalized spacial score (nSPS) is 12.9. The van der Waals surface area contributed by atoms with Gasteiger partial charge in [0.05, 0.1) is 12.6 Å². The van der Waals surface area contributed by atoms with Crippen LogP contribution in [0, 0.1) is 0 Å². The molecule has 96 valence electrons. The number of nitrogens with zero attached hydrogens (tertiary/aromatic N) is 1. The first-order valence-electron chi connectivity index (χ1n) is 5.58. The summed E-state index contributed by atoms with van der Waals surface area (Å²) in [5.74, 6) is 0.949. The molecule has 16 heavy (non-hydrogen) atoms. The number of ether oxygens (including phenoxy) is 1. The molecule has 0 rings (SSSR count). The van der Waals surface area contributed by atoms with E-state index in [1.165, 1.54) is 0 Å². The van der Waals surface area contributed by atoms with Crippen LogP contribution in [-0.2, 0) is 9.53 Å². The van der Waals surface area contributed by atoms with Gasteiger partial charge in [-0.3, -0.25) is 4.79 Å². The molecule has 0 aliphatic heterocycles. The fraction of sp³-hybridized carbons (Fsp3) is 0.909. The molecule has 0 unspecified atom stereocenters. The summed E-state index contributed by atoms with van der Waals surface area (Å²) in [5.41, 5.74) is 5.87. The summed E-state index contributed by atoms with van der Waals surface area (Å²) < 4.78 is 4.99. The predicted molar refractivity (Wildman–Crippen MR) is 69.7 cm³/mol. The molecule has 1 atom stereocenters. The molecular formula is C11H24N2O2S. The maximum atomic E-state index is 12.0. The largest absolute Gasteiger partial charge is 0.383 e. The molecule has 0 saturated carbocycles. The Labute approximate surface area is 103 Å². The second-order valence-corrected chi connectivity index (χ2v) is 4.99. The molecule has 0 saturated heterocycles. The van der Waals surface area contributed by atoms with Crippen molar-refractivity contribution in [1.29, 1.82) is 0 Å². The Morgan fingerprint density at radius 1 is 1.50 bits per heavy atom. The van der Waals surface area contributed by atoms with Crippen LogP contribution in [0.25, 0.3) is 0 Å². The minimum Gasteiger partial charge on any atom is -0.383 e. The zero-order valence-corrected chi connectivity index (χ0v) is 11.5. The molecule has 0 spiro atoms. The summed E-state index contributed by atoms with van der Waals surface area (Å²) in [5, 5.41) is 0. The monoisotopic (exact) mass is 248 g/mol. The number of hydrogen-bond donors (Lipinski definition) is 1. The van der Waals surface area contributed by atoms with Gasteiger partial charge in [0.15, 0.2) is 0 Å². The molecule has 0 fully saturated rings. The first kappa shape index (κ1) is 15.7. The summed E-state index contributed by atoms with van der Waals surface area (Å²) in [6.45, 7) is 5.16. The van der Waals surface area contributed by atoms with Gasteiger partial charge in [0.2, 0.25) is 5.91 Å². The molecule has 0 aromatic heterocycles. The van der Waals surface area contributed by atoms with E-state index in [2.05, 4.69) is 0 Å². The number of amides is 1. The fourth-order valence-electron chi connectivity index (χ4n) is 1.39. The van der Waals surface area contributed by atoms with Gasteiger partial charge in [-0.25, -0.2) is 0 Å². The maximum Gasteiger partial charge on any atom is 0.239 e. The quantitative estimate of drug-likeness (QED) is 0.695. The van der Waals surface area contributed by atoms with Gasteiger partial charge < -0.3 is 15.4 Å². The molecule has 4 nitrogen and oxygen atoms in total. The summed E-state index contributed by atoms with van der Waals surface area (Å²) >= 11 is 1.71. The lowest BCUT2D eigenvalue weighted by Crippen LogP contribution is -2.48. The second kappa shape index (κ2) is 8.84. The van der Waals surface area contributed by atoms with Gasteiger partial charge in [0.25, 0.3) is 0 Å². The number of thioether (sulfide) groups is 1. The van der Waals surface area contributed by atoms with Gasteiger partial charge in [-0.1, -0.05) is 0 Å². The van der Waals surface area contributed by atoms with Crippen molar-refractivity contribution in [2.24, 2.45) is 5.73 Å². The van der Waals surface area contributed by atoms with E-state index >= 15 is 0 Å². The molecule has 5 heteroatoms. The smallest absolute Gasteiger partial charge is 0.239 e. The number of carbonyl (C=O) groups is 1. The van der Waals surface area contributed by atoms with Crippen molar-refractivity contribution >= 4 is 17.7 Å². The van der Waals surface area contributed by atoms with Crippen LogP contribution < -0.4 is 5.73 Å². The van der Waals surface area contributed by atoms with Crippen LogP contribution >= 0.6 is 11.8 Å². The Hall–Kier alpha value is -0.260. The average Bonchev–Trinajstić information content (AvgIpc) is 2.25. The zero-order valence-electron chi connectivity index (χ0n) is 10.7. The van der Waals surface area contributed by atoms with Gasteiger partial charge >= 0.3 is 0 Å². The lowest BCUT2D eigenvalue weighted by atomic mass is 10.2. The number of nitrogens with two attached hydrogens (primary N) is 1. The SMILES string of the molecule is COCCN(C(=O)[C@H](N)CCSC)C(C)C. The zero-order chi connectivity index (χ0) is 12.6. The summed E-state index contributed by atoms with van der Waals surface area (Å²) in [7, 11) is 1.64. The molecule has 0 heterocycles. The van der Waals surface area contributed by atoms with Gasteiger partial charge in [0, 0.05) is 19.7 Å². The predicted octanol–water partition coefficient (Wildman–Crippen LogP) is 0.950. The van der Waals surface area contributed by atoms with E-state index in [1.807, 2.05) is 20.1 Å². The summed E-state index contributed by atoms with van der Waals surface area (Å²) in [6.07, 6.45) is 2.75. The van der Waals surface area contributed by atoms with Crippen molar-refractivity contribution < 1.29 is 9.53 Å². The van der Waals surface area contributed by atoms with Gasteiger partial charge in [-0.15, -0.1) is 0 Å². The van der Waals surface area contributed by atoms with E-state index in [-0.39, 0.29) is 18.0 Å². The highest BCUT2D eigenvalue weighted by molar-refractivity contribution is 7.98. The summed E-state index contributed by atoms with van der Waals surface area (Å²) in [4.78, 5) is 13.8. The fourth-order valence-corrected chi connectivity index (χ4v) is 1.88. The summed E-state index contributed by atoms with van der Waals surface area (Å²) in [6, 6.07) is -0.213. The van der Waals surface area contributed by atoms with Crippen molar-refractivity contribution in [3.63, 3.8) is 0 Å². The number of methoxy groups -OCH3 is 1. The van der Waals surface area contributed by atoms with Gasteiger partial charge in [-0.05, 0) is 32.3 Å². The molecule has 1 amide bonds. The molecule has 0 bridgehead atoms. The highest BCUT2D eigenvalue weighted by Crippen LogP contribution is 2.06. The minimum atomic E-state index is -0.383. The van der Waals surface area contributed by atoms with E-state index in [9.17, 15) is 4.79 Å². The molecular weight excluding hydrogens is 224 g/mol. The average molecular weight is 248 g/mol. The van der Waals surface area contributed by atoms with Crippen molar-refractivity contribution in [1.82, 2.24) is 4.90 Å². The van der Waals surface area contributed by atoms with Crippen LogP contribution in [0.3, 0.4) is 0 Å². The number of hydrogen-bond acceptors (Lipinski definition) is 4. The standard InChI is InChI=1S/C11H24N2O2S/c1-9(2)13(6-7-15-3)11(14)10(12)5-8-16-4/h9-10H,5-8,12H2,1-4H3/t10-/m1/s1. The van der Waals surface area contributed by atoms with Crippen LogP contribution in [0.5, 0.6) is 0 Å². The number of carbonyl (C=O) groups excluding carboxylic acids is 1. The molecule has 0 radical (unpaired) electrons. The Bertz CT molecular complexity index is 200. The molecule has 0 aliphatic rings. The highest BCUT2D eigenvalue weighted by Gasteiger charge is 2.22.